The Bertz CT molecular complexity index is 638. The minimum absolute atomic E-state index is 0.103. The molecule has 2 atom stereocenters. The Kier molecular flexibility index (Phi) is 8.28. The summed E-state index contributed by atoms with van der Waals surface area (Å²) in [6.45, 7) is 8.28. The van der Waals surface area contributed by atoms with Crippen LogP contribution in [0.1, 0.15) is 27.7 Å². The second-order valence-corrected chi connectivity index (χ2v) is 8.23. The van der Waals surface area contributed by atoms with Gasteiger partial charge in [-0.15, -0.1) is 0 Å². The van der Waals surface area contributed by atoms with Gasteiger partial charge in [-0.2, -0.15) is 0 Å². The summed E-state index contributed by atoms with van der Waals surface area (Å²) in [6.07, 6.45) is 0. The Hall–Kier alpha value is -2.32. The van der Waals surface area contributed by atoms with Crippen LogP contribution in [0.25, 0.3) is 0 Å². The number of hydrogen-bond donors (Lipinski definition) is 4. The van der Waals surface area contributed by atoms with Gasteiger partial charge < -0.3 is 30.6 Å². The third-order valence-electron chi connectivity index (χ3n) is 5.27. The van der Waals surface area contributed by atoms with Crippen molar-refractivity contribution in [3.05, 3.63) is 24.3 Å². The van der Waals surface area contributed by atoms with Crippen molar-refractivity contribution in [2.45, 2.75) is 39.8 Å². The SMILES string of the molecule is CC(C)[C@@H](CO)NC(=O)CN1CN(CC(=O)N[C@H](CO)C(C)C)c2ccccc21. The van der Waals surface area contributed by atoms with Crippen LogP contribution in [-0.4, -0.2) is 67.1 Å². The summed E-state index contributed by atoms with van der Waals surface area (Å²) >= 11 is 0. The van der Waals surface area contributed by atoms with E-state index in [1.165, 1.54) is 0 Å². The van der Waals surface area contributed by atoms with E-state index in [9.17, 15) is 19.8 Å². The Morgan fingerprint density at radius 1 is 0.862 bits per heavy atom. The Morgan fingerprint density at radius 2 is 1.24 bits per heavy atom. The number of nitrogens with one attached hydrogen (secondary N) is 2. The first-order valence-corrected chi connectivity index (χ1v) is 10.2. The molecular weight excluding hydrogens is 372 g/mol. The van der Waals surface area contributed by atoms with E-state index in [0.717, 1.165) is 11.4 Å². The quantitative estimate of drug-likeness (QED) is 0.452. The van der Waals surface area contributed by atoms with Crippen LogP contribution in [0.3, 0.4) is 0 Å². The molecule has 0 spiro atoms. The van der Waals surface area contributed by atoms with Crippen molar-refractivity contribution < 1.29 is 19.8 Å². The zero-order valence-electron chi connectivity index (χ0n) is 17.8. The highest BCUT2D eigenvalue weighted by Gasteiger charge is 2.29. The van der Waals surface area contributed by atoms with E-state index >= 15 is 0 Å². The van der Waals surface area contributed by atoms with E-state index in [1.54, 1.807) is 0 Å². The minimum atomic E-state index is -0.284. The van der Waals surface area contributed by atoms with Crippen molar-refractivity contribution in [1.82, 2.24) is 10.6 Å². The van der Waals surface area contributed by atoms with Gasteiger partial charge in [0.25, 0.3) is 0 Å². The van der Waals surface area contributed by atoms with Gasteiger partial charge in [0.05, 0.1) is 56.4 Å². The smallest absolute Gasteiger partial charge is 0.239 e. The van der Waals surface area contributed by atoms with Crippen molar-refractivity contribution in [2.75, 3.05) is 42.8 Å². The van der Waals surface area contributed by atoms with Gasteiger partial charge in [-0.25, -0.2) is 0 Å². The third kappa shape index (κ3) is 6.08. The predicted molar refractivity (Wildman–Crippen MR) is 114 cm³/mol. The number of anilines is 2. The zero-order valence-corrected chi connectivity index (χ0v) is 17.8. The molecule has 1 heterocycles. The highest BCUT2D eigenvalue weighted by atomic mass is 16.3. The number of aliphatic hydroxyl groups excluding tert-OH is 2. The van der Waals surface area contributed by atoms with Gasteiger partial charge in [0.1, 0.15) is 0 Å². The predicted octanol–water partition coefficient (Wildman–Crippen LogP) is 0.537. The Morgan fingerprint density at radius 3 is 1.55 bits per heavy atom. The largest absolute Gasteiger partial charge is 0.394 e. The fourth-order valence-corrected chi connectivity index (χ4v) is 3.33. The molecule has 0 fully saturated rings. The molecule has 4 N–H and O–H groups in total. The average Bonchev–Trinajstić information content (AvgIpc) is 3.01. The van der Waals surface area contributed by atoms with Crippen LogP contribution in [0, 0.1) is 11.8 Å². The minimum Gasteiger partial charge on any atom is -0.394 e. The van der Waals surface area contributed by atoms with Crippen molar-refractivity contribution in [1.29, 1.82) is 0 Å². The molecular formula is C21H34N4O4. The molecule has 162 valence electrons. The molecule has 2 rings (SSSR count). The Labute approximate surface area is 172 Å². The van der Waals surface area contributed by atoms with Crippen molar-refractivity contribution in [2.24, 2.45) is 11.8 Å². The van der Waals surface area contributed by atoms with E-state index in [4.69, 9.17) is 0 Å². The molecule has 1 aromatic rings. The van der Waals surface area contributed by atoms with Crippen molar-refractivity contribution >= 4 is 23.2 Å². The fourth-order valence-electron chi connectivity index (χ4n) is 3.33. The third-order valence-corrected chi connectivity index (χ3v) is 5.27. The van der Waals surface area contributed by atoms with Gasteiger partial charge in [0, 0.05) is 0 Å². The molecule has 0 aliphatic carbocycles. The first-order valence-electron chi connectivity index (χ1n) is 10.2. The van der Waals surface area contributed by atoms with Gasteiger partial charge >= 0.3 is 0 Å². The summed E-state index contributed by atoms with van der Waals surface area (Å²) in [6, 6.07) is 7.09. The van der Waals surface area contributed by atoms with Gasteiger partial charge in [0.2, 0.25) is 11.8 Å². The van der Waals surface area contributed by atoms with Crippen LogP contribution in [0.4, 0.5) is 11.4 Å². The molecule has 0 saturated heterocycles. The number of para-hydroxylation sites is 2. The van der Waals surface area contributed by atoms with Crippen molar-refractivity contribution in [3.8, 4) is 0 Å². The van der Waals surface area contributed by atoms with Gasteiger partial charge in [-0.05, 0) is 24.0 Å². The second kappa shape index (κ2) is 10.5. The van der Waals surface area contributed by atoms with Gasteiger partial charge in [-0.1, -0.05) is 39.8 Å². The summed E-state index contributed by atoms with van der Waals surface area (Å²) < 4.78 is 0. The van der Waals surface area contributed by atoms with E-state index in [-0.39, 0.29) is 62.0 Å². The molecule has 0 bridgehead atoms. The molecule has 8 heteroatoms. The molecule has 0 unspecified atom stereocenters. The standard InChI is InChI=1S/C21H34N4O4/c1-14(2)16(11-26)22-20(28)9-24-13-25(19-8-6-5-7-18(19)24)10-21(29)23-17(12-27)15(3)4/h5-8,14-17,26-27H,9-13H2,1-4H3,(H,22,28)(H,23,29)/t16-,17-/m1/s1. The lowest BCUT2D eigenvalue weighted by atomic mass is 10.1. The molecule has 1 aliphatic rings. The monoisotopic (exact) mass is 406 g/mol. The molecule has 0 aromatic heterocycles. The average molecular weight is 407 g/mol. The van der Waals surface area contributed by atoms with Crippen molar-refractivity contribution in [3.63, 3.8) is 0 Å². The van der Waals surface area contributed by atoms with E-state index < -0.39 is 0 Å². The van der Waals surface area contributed by atoms with Crippen LogP contribution in [0.15, 0.2) is 24.3 Å². The van der Waals surface area contributed by atoms with Gasteiger partial charge in [-0.3, -0.25) is 9.59 Å². The fraction of sp³-hybridized carbons (Fsp3) is 0.619. The summed E-state index contributed by atoms with van der Waals surface area (Å²) in [5, 5.41) is 24.6. The Balaban J connectivity index is 2.03. The van der Waals surface area contributed by atoms with Crippen LogP contribution in [0.2, 0.25) is 0 Å². The second-order valence-electron chi connectivity index (χ2n) is 8.23. The number of carbonyl (C=O) groups is 2. The number of fused-ring (bicyclic) bond motifs is 1. The summed E-state index contributed by atoms with van der Waals surface area (Å²) in [7, 11) is 0. The lowest BCUT2D eigenvalue weighted by Crippen LogP contribution is -2.48. The molecule has 0 saturated carbocycles. The lowest BCUT2D eigenvalue weighted by Gasteiger charge is -2.25. The number of rotatable bonds is 10. The molecule has 8 nitrogen and oxygen atoms in total. The first kappa shape index (κ1) is 23.0. The number of hydrogen-bond acceptors (Lipinski definition) is 6. The number of carbonyl (C=O) groups excluding carboxylic acids is 2. The molecule has 0 radical (unpaired) electrons. The number of aliphatic hydroxyl groups is 2. The normalized spacial score (nSPS) is 15.4. The highest BCUT2D eigenvalue weighted by Crippen LogP contribution is 2.35. The number of benzene rings is 1. The first-order chi connectivity index (χ1) is 13.8. The number of nitrogens with zero attached hydrogens (tertiary/aromatic N) is 2. The summed E-state index contributed by atoms with van der Waals surface area (Å²) in [4.78, 5) is 28.8. The van der Waals surface area contributed by atoms with Crippen LogP contribution >= 0.6 is 0 Å². The van der Waals surface area contributed by atoms with Gasteiger partial charge in [0.15, 0.2) is 0 Å². The maximum absolute atomic E-state index is 12.5. The summed E-state index contributed by atoms with van der Waals surface area (Å²) in [5.74, 6) is -0.0658. The van der Waals surface area contributed by atoms with E-state index in [1.807, 2.05) is 61.8 Å². The van der Waals surface area contributed by atoms with Crippen LogP contribution in [-0.2, 0) is 9.59 Å². The highest BCUT2D eigenvalue weighted by molar-refractivity contribution is 5.89. The molecule has 2 amide bonds. The maximum Gasteiger partial charge on any atom is 0.239 e. The summed E-state index contributed by atoms with van der Waals surface area (Å²) in [5.41, 5.74) is 1.78. The topological polar surface area (TPSA) is 105 Å². The molecule has 1 aromatic carbocycles. The van der Waals surface area contributed by atoms with Crippen LogP contribution < -0.4 is 20.4 Å². The number of amides is 2. The molecule has 29 heavy (non-hydrogen) atoms. The van der Waals surface area contributed by atoms with Crippen LogP contribution in [0.5, 0.6) is 0 Å². The maximum atomic E-state index is 12.5. The van der Waals surface area contributed by atoms with E-state index in [0.29, 0.717) is 6.67 Å². The lowest BCUT2D eigenvalue weighted by molar-refractivity contribution is -0.121. The molecule has 1 aliphatic heterocycles. The van der Waals surface area contributed by atoms with E-state index in [2.05, 4.69) is 10.6 Å². The zero-order chi connectivity index (χ0) is 21.6.